The van der Waals surface area contributed by atoms with Gasteiger partial charge in [0.15, 0.2) is 5.79 Å². The molecule has 0 aliphatic carbocycles. The molecule has 0 amide bonds. The van der Waals surface area contributed by atoms with Crippen LogP contribution in [0.3, 0.4) is 0 Å². The average molecular weight is 237 g/mol. The predicted octanol–water partition coefficient (Wildman–Crippen LogP) is 0.721. The number of nitrogens with one attached hydrogen (secondary N) is 1. The number of hydrogen-bond donors (Lipinski definition) is 1. The maximum atomic E-state index is 11.8. The molecule has 17 heavy (non-hydrogen) atoms. The molecule has 0 spiro atoms. The van der Waals surface area contributed by atoms with Crippen molar-refractivity contribution in [2.75, 3.05) is 13.2 Å². The molecular weight excluding hydrogens is 218 g/mol. The van der Waals surface area contributed by atoms with Gasteiger partial charge in [0.25, 0.3) is 0 Å². The van der Waals surface area contributed by atoms with E-state index in [-0.39, 0.29) is 11.2 Å². The summed E-state index contributed by atoms with van der Waals surface area (Å²) < 4.78 is 11.0. The van der Waals surface area contributed by atoms with Crippen LogP contribution in [0.1, 0.15) is 19.4 Å². The quantitative estimate of drug-likeness (QED) is 0.785. The van der Waals surface area contributed by atoms with E-state index in [4.69, 9.17) is 9.47 Å². The number of benzene rings is 1. The van der Waals surface area contributed by atoms with Crippen molar-refractivity contribution in [1.82, 2.24) is 0 Å². The molecule has 2 rings (SSSR count). The van der Waals surface area contributed by atoms with Crippen molar-refractivity contribution in [1.29, 1.82) is 0 Å². The van der Waals surface area contributed by atoms with Gasteiger partial charge in [-0.05, 0) is 13.8 Å². The smallest absolute Gasteiger partial charge is 0.163 e. The molecule has 1 saturated heterocycles. The van der Waals surface area contributed by atoms with E-state index in [1.807, 2.05) is 44.2 Å². The van der Waals surface area contributed by atoms with Gasteiger partial charge in [-0.25, -0.2) is 0 Å². The number of quaternary nitrogens is 1. The Morgan fingerprint density at radius 3 is 2.65 bits per heavy atom. The van der Waals surface area contributed by atoms with Crippen LogP contribution in [0.2, 0.25) is 0 Å². The van der Waals surface area contributed by atoms with Crippen molar-refractivity contribution in [2.45, 2.75) is 32.3 Å². The van der Waals surface area contributed by atoms with E-state index in [0.717, 1.165) is 5.56 Å². The van der Waals surface area contributed by atoms with Gasteiger partial charge in [0.2, 0.25) is 0 Å². The number of ether oxygens (including phenoxy) is 2. The highest BCUT2D eigenvalue weighted by atomic mass is 16.7. The van der Waals surface area contributed by atoms with Crippen LogP contribution >= 0.6 is 0 Å². The van der Waals surface area contributed by atoms with Gasteiger partial charge in [-0.2, -0.15) is 0 Å². The van der Waals surface area contributed by atoms with E-state index in [1.54, 1.807) is 0 Å². The highest BCUT2D eigenvalue weighted by Crippen LogP contribution is 2.21. The molecule has 0 radical (unpaired) electrons. The molecular formula is C13H19NO3. The lowest BCUT2D eigenvalue weighted by Crippen LogP contribution is -3.07. The summed E-state index contributed by atoms with van der Waals surface area (Å²) in [4.78, 5) is 0. The van der Waals surface area contributed by atoms with Crippen LogP contribution in [0.4, 0.5) is 0 Å². The van der Waals surface area contributed by atoms with Gasteiger partial charge in [-0.1, -0.05) is 30.3 Å². The summed E-state index contributed by atoms with van der Waals surface area (Å²) in [5.41, 5.74) is 1.05. The van der Waals surface area contributed by atoms with E-state index < -0.39 is 5.79 Å². The fourth-order valence-electron chi connectivity index (χ4n) is 2.01. The van der Waals surface area contributed by atoms with Gasteiger partial charge in [-0.15, -0.1) is 0 Å². The number of rotatable bonds is 4. The standard InChI is InChI=1S/C13H19NO3/c1-13(2)16-10-12(17-13)9-14(15)8-11-6-4-3-5-7-11/h3-7,12,14H,8-10H2,1-2H3. The molecule has 1 aliphatic heterocycles. The summed E-state index contributed by atoms with van der Waals surface area (Å²) in [6.07, 6.45) is -0.0961. The summed E-state index contributed by atoms with van der Waals surface area (Å²) >= 11 is 0. The van der Waals surface area contributed by atoms with Crippen LogP contribution < -0.4 is 5.06 Å². The van der Waals surface area contributed by atoms with Crippen LogP contribution in [0.25, 0.3) is 0 Å². The Morgan fingerprint density at radius 1 is 1.35 bits per heavy atom. The molecule has 4 heteroatoms. The van der Waals surface area contributed by atoms with Crippen LogP contribution in [-0.2, 0) is 16.0 Å². The summed E-state index contributed by atoms with van der Waals surface area (Å²) in [7, 11) is 0. The number of hydrogen-bond acceptors (Lipinski definition) is 3. The van der Waals surface area contributed by atoms with Crippen LogP contribution in [0.5, 0.6) is 0 Å². The molecule has 0 saturated carbocycles. The minimum absolute atomic E-state index is 0.0961. The van der Waals surface area contributed by atoms with Crippen molar-refractivity contribution in [2.24, 2.45) is 0 Å². The second-order valence-corrected chi connectivity index (χ2v) is 4.86. The Bertz CT molecular complexity index is 353. The third-order valence-electron chi connectivity index (χ3n) is 2.77. The molecule has 94 valence electrons. The topological polar surface area (TPSA) is 46.0 Å². The van der Waals surface area contributed by atoms with Crippen molar-refractivity contribution in [3.63, 3.8) is 0 Å². The maximum absolute atomic E-state index is 11.8. The first-order chi connectivity index (χ1) is 8.05. The molecule has 1 aliphatic rings. The van der Waals surface area contributed by atoms with E-state index in [2.05, 4.69) is 0 Å². The average Bonchev–Trinajstić information content (AvgIpc) is 2.59. The molecule has 1 aromatic rings. The largest absolute Gasteiger partial charge is 0.634 e. The van der Waals surface area contributed by atoms with Gasteiger partial charge in [0.05, 0.1) is 6.61 Å². The fraction of sp³-hybridized carbons (Fsp3) is 0.538. The molecule has 1 heterocycles. The van der Waals surface area contributed by atoms with Gasteiger partial charge in [-0.3, -0.25) is 0 Å². The fourth-order valence-corrected chi connectivity index (χ4v) is 2.01. The summed E-state index contributed by atoms with van der Waals surface area (Å²) in [6.45, 7) is 5.15. The lowest BCUT2D eigenvalue weighted by atomic mass is 10.2. The zero-order valence-corrected chi connectivity index (χ0v) is 10.3. The predicted molar refractivity (Wildman–Crippen MR) is 64.2 cm³/mol. The second kappa shape index (κ2) is 5.14. The second-order valence-electron chi connectivity index (χ2n) is 4.86. The normalized spacial score (nSPS) is 24.8. The maximum Gasteiger partial charge on any atom is 0.163 e. The Morgan fingerprint density at radius 2 is 2.06 bits per heavy atom. The lowest BCUT2D eigenvalue weighted by molar-refractivity contribution is -0.865. The third kappa shape index (κ3) is 3.78. The summed E-state index contributed by atoms with van der Waals surface area (Å²) in [6, 6.07) is 9.77. The van der Waals surface area contributed by atoms with Crippen molar-refractivity contribution in [3.05, 3.63) is 41.1 Å². The first kappa shape index (κ1) is 12.5. The molecule has 2 unspecified atom stereocenters. The first-order valence-corrected chi connectivity index (χ1v) is 5.92. The van der Waals surface area contributed by atoms with Gasteiger partial charge in [0.1, 0.15) is 19.2 Å². The zero-order valence-electron chi connectivity index (χ0n) is 10.3. The van der Waals surface area contributed by atoms with E-state index >= 15 is 0 Å². The summed E-state index contributed by atoms with van der Waals surface area (Å²) in [5, 5.41) is 12.0. The highest BCUT2D eigenvalue weighted by molar-refractivity contribution is 5.13. The van der Waals surface area contributed by atoms with Crippen LogP contribution in [0.15, 0.2) is 30.3 Å². The lowest BCUT2D eigenvalue weighted by Gasteiger charge is -2.25. The van der Waals surface area contributed by atoms with E-state index in [9.17, 15) is 5.21 Å². The van der Waals surface area contributed by atoms with Crippen molar-refractivity contribution >= 4 is 0 Å². The minimum atomic E-state index is -0.544. The third-order valence-corrected chi connectivity index (χ3v) is 2.77. The molecule has 4 nitrogen and oxygen atoms in total. The molecule has 0 bridgehead atoms. The van der Waals surface area contributed by atoms with E-state index in [0.29, 0.717) is 19.7 Å². The molecule has 0 aromatic heterocycles. The SMILES string of the molecule is CC1(C)OCC(C[NH+]([O-])Cc2ccccc2)O1. The molecule has 1 fully saturated rings. The van der Waals surface area contributed by atoms with Gasteiger partial charge < -0.3 is 19.7 Å². The van der Waals surface area contributed by atoms with E-state index in [1.165, 1.54) is 0 Å². The monoisotopic (exact) mass is 237 g/mol. The Labute approximate surface area is 102 Å². The minimum Gasteiger partial charge on any atom is -0.634 e. The first-order valence-electron chi connectivity index (χ1n) is 5.92. The Hall–Kier alpha value is -0.940. The van der Waals surface area contributed by atoms with Crippen LogP contribution in [0, 0.1) is 5.21 Å². The summed E-state index contributed by atoms with van der Waals surface area (Å²) in [5.74, 6) is -0.544. The van der Waals surface area contributed by atoms with Crippen LogP contribution in [-0.4, -0.2) is 25.0 Å². The molecule has 1 aromatic carbocycles. The Balaban J connectivity index is 1.80. The zero-order chi connectivity index (χ0) is 12.3. The molecule has 2 atom stereocenters. The van der Waals surface area contributed by atoms with Gasteiger partial charge >= 0.3 is 0 Å². The van der Waals surface area contributed by atoms with Crippen molar-refractivity contribution < 1.29 is 14.5 Å². The molecule has 1 N–H and O–H groups in total. The van der Waals surface area contributed by atoms with Crippen molar-refractivity contribution in [3.8, 4) is 0 Å². The Kier molecular flexibility index (Phi) is 3.79. The van der Waals surface area contributed by atoms with Gasteiger partial charge in [0, 0.05) is 5.56 Å². The number of hydroxylamine groups is 2. The highest BCUT2D eigenvalue weighted by Gasteiger charge is 2.33.